The molecule has 1 aromatic heterocycles. The van der Waals surface area contributed by atoms with Crippen LogP contribution in [0.5, 0.6) is 0 Å². The van der Waals surface area contributed by atoms with Crippen molar-refractivity contribution >= 4 is 27.3 Å². The second kappa shape index (κ2) is 3.48. The number of thiophene rings is 1. The molecule has 0 aliphatic carbocycles. The lowest BCUT2D eigenvalue weighted by molar-refractivity contribution is 0.190. The van der Waals surface area contributed by atoms with E-state index in [0.717, 1.165) is 8.66 Å². The maximum atomic E-state index is 9.21. The summed E-state index contributed by atoms with van der Waals surface area (Å²) in [5, 5.41) is 9.21. The van der Waals surface area contributed by atoms with E-state index in [1.807, 2.05) is 12.1 Å². The molecule has 3 N–H and O–H groups in total. The van der Waals surface area contributed by atoms with Gasteiger partial charge in [0.2, 0.25) is 0 Å². The van der Waals surface area contributed by atoms with Gasteiger partial charge in [-0.05, 0) is 28.1 Å². The van der Waals surface area contributed by atoms with Crippen molar-refractivity contribution in [3.8, 4) is 0 Å². The lowest BCUT2D eigenvalue weighted by Gasteiger charge is -2.01. The fourth-order valence-electron chi connectivity index (χ4n) is 0.624. The van der Waals surface area contributed by atoms with Crippen LogP contribution in [0.1, 0.15) is 11.0 Å². The van der Waals surface area contributed by atoms with Crippen LogP contribution in [0.4, 0.5) is 0 Å². The molecule has 56 valence electrons. The average Bonchev–Trinajstić information content (AvgIpc) is 2.34. The van der Waals surface area contributed by atoms with Crippen LogP contribution < -0.4 is 5.73 Å². The first-order chi connectivity index (χ1) is 4.74. The molecule has 0 spiro atoms. The maximum absolute atomic E-state index is 9.21. The lowest BCUT2D eigenvalue weighted by atomic mass is 10.3. The van der Waals surface area contributed by atoms with Crippen molar-refractivity contribution in [3.05, 3.63) is 20.8 Å². The Morgan fingerprint density at radius 2 is 2.40 bits per heavy atom. The molecule has 1 aromatic rings. The molecule has 0 unspecified atom stereocenters. The molecule has 10 heavy (non-hydrogen) atoms. The highest BCUT2D eigenvalue weighted by atomic mass is 79.9. The van der Waals surface area contributed by atoms with Gasteiger partial charge in [-0.1, -0.05) is 0 Å². The Bertz CT molecular complexity index is 213. The summed E-state index contributed by atoms with van der Waals surface area (Å²) in [7, 11) is 0. The predicted molar refractivity (Wildman–Crippen MR) is 46.0 cm³/mol. The molecular formula is C6H8BrNOS. The van der Waals surface area contributed by atoms with E-state index in [1.165, 1.54) is 11.3 Å². The molecule has 4 heteroatoms. The molecule has 1 rings (SSSR count). The largest absolute Gasteiger partial charge is 0.386 e. The zero-order valence-corrected chi connectivity index (χ0v) is 7.65. The summed E-state index contributed by atoms with van der Waals surface area (Å²) in [5.41, 5.74) is 5.25. The highest BCUT2D eigenvalue weighted by Crippen LogP contribution is 2.26. The number of halogens is 1. The van der Waals surface area contributed by atoms with E-state index in [-0.39, 0.29) is 6.54 Å². The molecule has 0 radical (unpaired) electrons. The van der Waals surface area contributed by atoms with Crippen molar-refractivity contribution in [1.82, 2.24) is 0 Å². The van der Waals surface area contributed by atoms with E-state index in [2.05, 4.69) is 15.9 Å². The van der Waals surface area contributed by atoms with E-state index in [1.54, 1.807) is 0 Å². The van der Waals surface area contributed by atoms with Gasteiger partial charge in [0.1, 0.15) is 6.10 Å². The van der Waals surface area contributed by atoms with Crippen LogP contribution in [-0.4, -0.2) is 11.7 Å². The van der Waals surface area contributed by atoms with Gasteiger partial charge in [-0.3, -0.25) is 0 Å². The molecule has 0 saturated heterocycles. The molecule has 0 aromatic carbocycles. The fourth-order valence-corrected chi connectivity index (χ4v) is 2.05. The molecule has 0 aliphatic rings. The third kappa shape index (κ3) is 1.79. The molecule has 0 aliphatic heterocycles. The number of nitrogens with two attached hydrogens (primary N) is 1. The van der Waals surface area contributed by atoms with E-state index >= 15 is 0 Å². The molecule has 1 atom stereocenters. The molecule has 0 bridgehead atoms. The number of rotatable bonds is 2. The van der Waals surface area contributed by atoms with Gasteiger partial charge >= 0.3 is 0 Å². The minimum atomic E-state index is -0.503. The van der Waals surface area contributed by atoms with Crippen molar-refractivity contribution in [3.63, 3.8) is 0 Å². The van der Waals surface area contributed by atoms with Gasteiger partial charge in [-0.25, -0.2) is 0 Å². The highest BCUT2D eigenvalue weighted by molar-refractivity contribution is 9.11. The Kier molecular flexibility index (Phi) is 2.85. The number of hydrogen-bond donors (Lipinski definition) is 2. The second-order valence-corrected chi connectivity index (χ2v) is 4.39. The van der Waals surface area contributed by atoms with Crippen molar-refractivity contribution in [1.29, 1.82) is 0 Å². The smallest absolute Gasteiger partial charge is 0.100 e. The summed E-state index contributed by atoms with van der Waals surface area (Å²) in [6.07, 6.45) is -0.503. The summed E-state index contributed by atoms with van der Waals surface area (Å²) in [6.45, 7) is 0.285. The summed E-state index contributed by atoms with van der Waals surface area (Å²) in [4.78, 5) is 0.911. The molecule has 1 heterocycles. The molecule has 2 nitrogen and oxygen atoms in total. The number of hydrogen-bond acceptors (Lipinski definition) is 3. The van der Waals surface area contributed by atoms with Gasteiger partial charge in [0.05, 0.1) is 3.79 Å². The van der Waals surface area contributed by atoms with Crippen LogP contribution in [-0.2, 0) is 0 Å². The van der Waals surface area contributed by atoms with E-state index in [0.29, 0.717) is 0 Å². The van der Waals surface area contributed by atoms with Crippen LogP contribution in [0.25, 0.3) is 0 Å². The normalized spacial score (nSPS) is 13.5. The van der Waals surface area contributed by atoms with Crippen LogP contribution in [0.15, 0.2) is 15.9 Å². The van der Waals surface area contributed by atoms with Crippen LogP contribution >= 0.6 is 27.3 Å². The zero-order chi connectivity index (χ0) is 7.56. The molecule has 0 saturated carbocycles. The first-order valence-electron chi connectivity index (χ1n) is 2.87. The molecule has 0 amide bonds. The van der Waals surface area contributed by atoms with Crippen LogP contribution in [0, 0.1) is 0 Å². The van der Waals surface area contributed by atoms with Crippen LogP contribution in [0.3, 0.4) is 0 Å². The third-order valence-corrected chi connectivity index (χ3v) is 2.87. The van der Waals surface area contributed by atoms with Gasteiger partial charge in [0.15, 0.2) is 0 Å². The van der Waals surface area contributed by atoms with Gasteiger partial charge in [0.25, 0.3) is 0 Å². The lowest BCUT2D eigenvalue weighted by Crippen LogP contribution is -2.09. The first kappa shape index (κ1) is 8.20. The standard InChI is InChI=1S/C6H8BrNOS/c7-6-2-1-5(10-6)4(9)3-8/h1-2,4,9H,3,8H2/t4-/m0/s1. The first-order valence-corrected chi connectivity index (χ1v) is 4.48. The van der Waals surface area contributed by atoms with Gasteiger partial charge < -0.3 is 10.8 Å². The summed E-state index contributed by atoms with van der Waals surface area (Å²) in [6, 6.07) is 3.77. The maximum Gasteiger partial charge on any atom is 0.100 e. The highest BCUT2D eigenvalue weighted by Gasteiger charge is 2.06. The van der Waals surface area contributed by atoms with Crippen molar-refractivity contribution in [2.24, 2.45) is 5.73 Å². The van der Waals surface area contributed by atoms with E-state index in [4.69, 9.17) is 5.73 Å². The van der Waals surface area contributed by atoms with Crippen molar-refractivity contribution in [2.75, 3.05) is 6.54 Å². The molecular weight excluding hydrogens is 214 g/mol. The average molecular weight is 222 g/mol. The van der Waals surface area contributed by atoms with Crippen LogP contribution in [0.2, 0.25) is 0 Å². The Morgan fingerprint density at radius 1 is 1.70 bits per heavy atom. The second-order valence-electron chi connectivity index (χ2n) is 1.89. The van der Waals surface area contributed by atoms with Crippen molar-refractivity contribution < 1.29 is 5.11 Å². The Balaban J connectivity index is 2.74. The SMILES string of the molecule is NC[C@H](O)c1ccc(Br)s1. The third-order valence-electron chi connectivity index (χ3n) is 1.15. The zero-order valence-electron chi connectivity index (χ0n) is 5.25. The monoisotopic (exact) mass is 221 g/mol. The Labute approximate surface area is 71.8 Å². The summed E-state index contributed by atoms with van der Waals surface area (Å²) in [5.74, 6) is 0. The van der Waals surface area contributed by atoms with Crippen molar-refractivity contribution in [2.45, 2.75) is 6.10 Å². The number of aliphatic hydroxyl groups is 1. The van der Waals surface area contributed by atoms with Gasteiger partial charge in [0, 0.05) is 11.4 Å². The fraction of sp³-hybridized carbons (Fsp3) is 0.333. The van der Waals surface area contributed by atoms with E-state index < -0.39 is 6.10 Å². The van der Waals surface area contributed by atoms with Gasteiger partial charge in [-0.2, -0.15) is 0 Å². The molecule has 0 fully saturated rings. The Morgan fingerprint density at radius 3 is 2.80 bits per heavy atom. The summed E-state index contributed by atoms with van der Waals surface area (Å²) < 4.78 is 1.02. The minimum Gasteiger partial charge on any atom is -0.386 e. The minimum absolute atomic E-state index is 0.285. The van der Waals surface area contributed by atoms with Gasteiger partial charge in [-0.15, -0.1) is 11.3 Å². The van der Waals surface area contributed by atoms with E-state index in [9.17, 15) is 5.11 Å². The Hall–Kier alpha value is 0.1000. The summed E-state index contributed by atoms with van der Waals surface area (Å²) >= 11 is 4.80. The topological polar surface area (TPSA) is 46.2 Å². The predicted octanol–water partition coefficient (Wildman–Crippen LogP) is 1.50. The quantitative estimate of drug-likeness (QED) is 0.796. The number of aliphatic hydroxyl groups excluding tert-OH is 1.